The molecular formula is C18H13N3OS. The zero-order valence-corrected chi connectivity index (χ0v) is 13.2. The molecule has 0 unspecified atom stereocenters. The van der Waals surface area contributed by atoms with Crippen LogP contribution < -0.4 is 5.32 Å². The first-order valence-electron chi connectivity index (χ1n) is 7.23. The number of aryl methyl sites for hydroxylation is 1. The summed E-state index contributed by atoms with van der Waals surface area (Å²) in [7, 11) is 0. The number of fused-ring (bicyclic) bond motifs is 2. The molecule has 0 radical (unpaired) electrons. The van der Waals surface area contributed by atoms with Gasteiger partial charge in [0.25, 0.3) is 5.91 Å². The summed E-state index contributed by atoms with van der Waals surface area (Å²) in [6, 6.07) is 15.3. The van der Waals surface area contributed by atoms with Gasteiger partial charge in [-0.15, -0.1) is 0 Å². The Bertz CT molecular complexity index is 1030. The average molecular weight is 319 g/mol. The Hall–Kier alpha value is -2.79. The number of amides is 1. The Balaban J connectivity index is 1.72. The second kappa shape index (κ2) is 5.44. The number of nitrogens with zero attached hydrogens (tertiary/aromatic N) is 2. The maximum Gasteiger partial charge on any atom is 0.258 e. The first-order valence-corrected chi connectivity index (χ1v) is 8.05. The lowest BCUT2D eigenvalue weighted by atomic mass is 10.1. The van der Waals surface area contributed by atoms with Crippen molar-refractivity contribution in [3.05, 3.63) is 65.9 Å². The number of hydrogen-bond donors (Lipinski definition) is 1. The number of carbonyl (C=O) groups excluding carboxylic acids is 1. The molecule has 5 heteroatoms. The molecule has 0 spiro atoms. The predicted molar refractivity (Wildman–Crippen MR) is 94.1 cm³/mol. The van der Waals surface area contributed by atoms with Crippen molar-refractivity contribution in [1.29, 1.82) is 0 Å². The highest BCUT2D eigenvalue weighted by Crippen LogP contribution is 2.28. The van der Waals surface area contributed by atoms with Crippen molar-refractivity contribution in [1.82, 2.24) is 9.97 Å². The molecule has 0 aliphatic carbocycles. The normalized spacial score (nSPS) is 11.0. The van der Waals surface area contributed by atoms with Crippen molar-refractivity contribution in [3.8, 4) is 0 Å². The van der Waals surface area contributed by atoms with Gasteiger partial charge in [-0.2, -0.15) is 0 Å². The van der Waals surface area contributed by atoms with Crippen LogP contribution in [0, 0.1) is 6.92 Å². The largest absolute Gasteiger partial charge is 0.298 e. The van der Waals surface area contributed by atoms with Gasteiger partial charge in [0, 0.05) is 17.1 Å². The van der Waals surface area contributed by atoms with Crippen LogP contribution in [0.15, 0.2) is 54.7 Å². The van der Waals surface area contributed by atoms with Crippen molar-refractivity contribution in [2.45, 2.75) is 6.92 Å². The molecule has 2 aromatic carbocycles. The lowest BCUT2D eigenvalue weighted by Crippen LogP contribution is -2.12. The Labute approximate surface area is 136 Å². The molecule has 0 saturated carbocycles. The monoisotopic (exact) mass is 319 g/mol. The summed E-state index contributed by atoms with van der Waals surface area (Å²) in [5, 5.41) is 4.36. The number of anilines is 1. The van der Waals surface area contributed by atoms with E-state index in [1.165, 1.54) is 11.3 Å². The van der Waals surface area contributed by atoms with E-state index in [9.17, 15) is 4.79 Å². The standard InChI is InChI=1S/C18H13N3OS/c1-11-5-2-9-15-16(11)20-18(23-15)21-17(22)13-6-3-8-14-12(13)7-4-10-19-14/h2-10H,1H3,(H,20,21,22). The van der Waals surface area contributed by atoms with E-state index >= 15 is 0 Å². The van der Waals surface area contributed by atoms with Gasteiger partial charge in [0.2, 0.25) is 0 Å². The summed E-state index contributed by atoms with van der Waals surface area (Å²) in [5.74, 6) is -0.166. The van der Waals surface area contributed by atoms with Crippen LogP contribution in [0.4, 0.5) is 5.13 Å². The third-order valence-corrected chi connectivity index (χ3v) is 4.67. The molecule has 4 rings (SSSR count). The number of hydrogen-bond acceptors (Lipinski definition) is 4. The van der Waals surface area contributed by atoms with Gasteiger partial charge in [-0.05, 0) is 36.8 Å². The second-order valence-electron chi connectivity index (χ2n) is 5.27. The molecule has 4 aromatic rings. The predicted octanol–water partition coefficient (Wildman–Crippen LogP) is 4.41. The summed E-state index contributed by atoms with van der Waals surface area (Å²) in [6.45, 7) is 2.02. The van der Waals surface area contributed by atoms with Gasteiger partial charge in [-0.25, -0.2) is 4.98 Å². The summed E-state index contributed by atoms with van der Waals surface area (Å²) in [4.78, 5) is 21.4. The third kappa shape index (κ3) is 2.45. The minimum absolute atomic E-state index is 0.166. The lowest BCUT2D eigenvalue weighted by molar-refractivity contribution is 0.102. The van der Waals surface area contributed by atoms with Crippen LogP contribution in [0.1, 0.15) is 15.9 Å². The van der Waals surface area contributed by atoms with Crippen molar-refractivity contribution in [3.63, 3.8) is 0 Å². The van der Waals surface area contributed by atoms with Crippen LogP contribution >= 0.6 is 11.3 Å². The summed E-state index contributed by atoms with van der Waals surface area (Å²) in [5.41, 5.74) is 3.45. The van der Waals surface area contributed by atoms with E-state index in [0.29, 0.717) is 10.7 Å². The first kappa shape index (κ1) is 13.8. The molecule has 112 valence electrons. The fraction of sp³-hybridized carbons (Fsp3) is 0.0556. The number of carbonyl (C=O) groups is 1. The molecule has 0 saturated heterocycles. The molecule has 2 aromatic heterocycles. The molecule has 0 bridgehead atoms. The topological polar surface area (TPSA) is 54.9 Å². The smallest absolute Gasteiger partial charge is 0.258 e. The van der Waals surface area contributed by atoms with E-state index < -0.39 is 0 Å². The molecule has 0 atom stereocenters. The minimum Gasteiger partial charge on any atom is -0.298 e. The van der Waals surface area contributed by atoms with Gasteiger partial charge < -0.3 is 0 Å². The first-order chi connectivity index (χ1) is 11.2. The number of rotatable bonds is 2. The van der Waals surface area contributed by atoms with Crippen LogP contribution in [0.25, 0.3) is 21.1 Å². The highest BCUT2D eigenvalue weighted by molar-refractivity contribution is 7.22. The Morgan fingerprint density at radius 1 is 1.09 bits per heavy atom. The van der Waals surface area contributed by atoms with Gasteiger partial charge >= 0.3 is 0 Å². The molecule has 0 fully saturated rings. The second-order valence-corrected chi connectivity index (χ2v) is 6.30. The van der Waals surface area contributed by atoms with Crippen molar-refractivity contribution in [2.24, 2.45) is 0 Å². The van der Waals surface area contributed by atoms with Crippen LogP contribution in [0.2, 0.25) is 0 Å². The summed E-state index contributed by atoms with van der Waals surface area (Å²) >= 11 is 1.48. The number of nitrogens with one attached hydrogen (secondary N) is 1. The molecule has 23 heavy (non-hydrogen) atoms. The maximum absolute atomic E-state index is 12.6. The van der Waals surface area contributed by atoms with Gasteiger partial charge in [-0.1, -0.05) is 35.6 Å². The van der Waals surface area contributed by atoms with Crippen molar-refractivity contribution < 1.29 is 4.79 Å². The van der Waals surface area contributed by atoms with Crippen molar-refractivity contribution >= 4 is 43.5 Å². The fourth-order valence-corrected chi connectivity index (χ4v) is 3.54. The van der Waals surface area contributed by atoms with Crippen LogP contribution in [0.5, 0.6) is 0 Å². The van der Waals surface area contributed by atoms with Gasteiger partial charge in [0.05, 0.1) is 15.7 Å². The van der Waals surface area contributed by atoms with E-state index in [0.717, 1.165) is 26.7 Å². The van der Waals surface area contributed by atoms with Gasteiger partial charge in [0.1, 0.15) is 0 Å². The molecule has 0 aliphatic heterocycles. The fourth-order valence-electron chi connectivity index (χ4n) is 2.61. The molecule has 2 heterocycles. The number of aromatic nitrogens is 2. The average Bonchev–Trinajstić information content (AvgIpc) is 2.98. The molecule has 4 nitrogen and oxygen atoms in total. The molecule has 0 aliphatic rings. The molecular weight excluding hydrogens is 306 g/mol. The van der Waals surface area contributed by atoms with E-state index in [2.05, 4.69) is 15.3 Å². The van der Waals surface area contributed by atoms with Gasteiger partial charge in [0.15, 0.2) is 5.13 Å². The quantitative estimate of drug-likeness (QED) is 0.595. The maximum atomic E-state index is 12.6. The number of pyridine rings is 1. The summed E-state index contributed by atoms with van der Waals surface area (Å²) < 4.78 is 1.07. The van der Waals surface area contributed by atoms with E-state index in [1.54, 1.807) is 12.3 Å². The van der Waals surface area contributed by atoms with E-state index in [1.807, 2.05) is 49.4 Å². The zero-order valence-electron chi connectivity index (χ0n) is 12.4. The Morgan fingerprint density at radius 3 is 2.83 bits per heavy atom. The number of thiazole rings is 1. The van der Waals surface area contributed by atoms with Crippen molar-refractivity contribution in [2.75, 3.05) is 5.32 Å². The van der Waals surface area contributed by atoms with Crippen LogP contribution in [-0.4, -0.2) is 15.9 Å². The Kier molecular flexibility index (Phi) is 3.28. The highest BCUT2D eigenvalue weighted by atomic mass is 32.1. The minimum atomic E-state index is -0.166. The van der Waals surface area contributed by atoms with Crippen LogP contribution in [-0.2, 0) is 0 Å². The van der Waals surface area contributed by atoms with E-state index in [4.69, 9.17) is 0 Å². The van der Waals surface area contributed by atoms with E-state index in [-0.39, 0.29) is 5.91 Å². The summed E-state index contributed by atoms with van der Waals surface area (Å²) in [6.07, 6.45) is 1.72. The van der Waals surface area contributed by atoms with Crippen LogP contribution in [0.3, 0.4) is 0 Å². The molecule has 1 N–H and O–H groups in total. The highest BCUT2D eigenvalue weighted by Gasteiger charge is 2.13. The molecule has 1 amide bonds. The zero-order chi connectivity index (χ0) is 15.8. The lowest BCUT2D eigenvalue weighted by Gasteiger charge is -2.05. The Morgan fingerprint density at radius 2 is 1.96 bits per heavy atom. The SMILES string of the molecule is Cc1cccc2sc(NC(=O)c3cccc4ncccc34)nc12. The van der Waals surface area contributed by atoms with Gasteiger partial charge in [-0.3, -0.25) is 15.1 Å². The third-order valence-electron chi connectivity index (χ3n) is 3.73. The number of para-hydroxylation sites is 1. The number of benzene rings is 2.